The van der Waals surface area contributed by atoms with E-state index in [2.05, 4.69) is 73.7 Å². The average Bonchev–Trinajstić information content (AvgIpc) is 3.12. The minimum atomic E-state index is -0.328. The number of carbonyl (C=O) groups excluding carboxylic acids is 1. The van der Waals surface area contributed by atoms with Crippen molar-refractivity contribution in [1.29, 1.82) is 0 Å². The number of aryl methyl sites for hydroxylation is 2. The number of esters is 1. The zero-order valence-electron chi connectivity index (χ0n) is 30.2. The van der Waals surface area contributed by atoms with Crippen LogP contribution in [0.5, 0.6) is 11.5 Å². The summed E-state index contributed by atoms with van der Waals surface area (Å²) >= 11 is 0. The fourth-order valence-corrected chi connectivity index (χ4v) is 6.55. The number of benzene rings is 5. The van der Waals surface area contributed by atoms with Crippen LogP contribution in [0, 0.1) is 13.8 Å². The van der Waals surface area contributed by atoms with Gasteiger partial charge in [0, 0.05) is 71.6 Å². The monoisotopic (exact) mass is 703 g/mol. The van der Waals surface area contributed by atoms with E-state index in [4.69, 9.17) is 13.9 Å². The van der Waals surface area contributed by atoms with Crippen LogP contribution in [0.3, 0.4) is 0 Å². The molecule has 0 saturated heterocycles. The maximum absolute atomic E-state index is 12.9. The van der Waals surface area contributed by atoms with Gasteiger partial charge in [-0.2, -0.15) is 0 Å². The van der Waals surface area contributed by atoms with Crippen LogP contribution in [0.25, 0.3) is 33.4 Å². The first-order chi connectivity index (χ1) is 24.4. The summed E-state index contributed by atoms with van der Waals surface area (Å²) in [5.41, 5.74) is 10.9. The van der Waals surface area contributed by atoms with E-state index < -0.39 is 0 Å². The van der Waals surface area contributed by atoms with Gasteiger partial charge in [0.15, 0.2) is 0 Å². The van der Waals surface area contributed by atoms with Gasteiger partial charge in [-0.05, 0) is 100 Å². The Morgan fingerprint density at radius 3 is 2.27 bits per heavy atom. The molecule has 1 aliphatic carbocycles. The van der Waals surface area contributed by atoms with Crippen molar-refractivity contribution < 1.29 is 18.7 Å². The molecule has 3 aliphatic rings. The fraction of sp³-hybridized carbons (Fsp3) is 0.256. The molecule has 2 heterocycles. The molecular formula is C43H46ClN3O4. The molecule has 8 heteroatoms. The zero-order chi connectivity index (χ0) is 35.2. The van der Waals surface area contributed by atoms with Gasteiger partial charge >= 0.3 is 5.97 Å². The maximum Gasteiger partial charge on any atom is 0.338 e. The van der Waals surface area contributed by atoms with Crippen LogP contribution in [0.4, 0.5) is 11.4 Å². The van der Waals surface area contributed by atoms with Crippen LogP contribution in [0.2, 0.25) is 0 Å². The van der Waals surface area contributed by atoms with E-state index in [0.717, 1.165) is 86.6 Å². The summed E-state index contributed by atoms with van der Waals surface area (Å²) in [6.07, 6.45) is 0.939. The quantitative estimate of drug-likeness (QED) is 0.121. The molecule has 0 aromatic heterocycles. The molecule has 0 bridgehead atoms. The number of rotatable bonds is 8. The lowest BCUT2D eigenvalue weighted by molar-refractivity contribution is 0.0527. The highest BCUT2D eigenvalue weighted by Crippen LogP contribution is 2.43. The number of fused-ring (bicyclic) bond motifs is 4. The Balaban J connectivity index is 0.000000235. The highest BCUT2D eigenvalue weighted by atomic mass is 35.5. The molecule has 7 rings (SSSR count). The SMILES string of the molecule is CCN=c1cc2oc3cc(NCC)c(C)cc3c(-c3ccccc3C(=O)OCC)c-2cc1C.CCNc1cccc2c1Cc1ccccc1O2.Cl. The second-order valence-corrected chi connectivity index (χ2v) is 12.2. The summed E-state index contributed by atoms with van der Waals surface area (Å²) in [5.74, 6) is 2.36. The summed E-state index contributed by atoms with van der Waals surface area (Å²) < 4.78 is 17.7. The molecule has 51 heavy (non-hydrogen) atoms. The first-order valence-electron chi connectivity index (χ1n) is 17.5. The smallest absolute Gasteiger partial charge is 0.338 e. The number of nitrogens with one attached hydrogen (secondary N) is 2. The van der Waals surface area contributed by atoms with Gasteiger partial charge in [0.1, 0.15) is 22.8 Å². The van der Waals surface area contributed by atoms with Gasteiger partial charge in [-0.1, -0.05) is 42.5 Å². The molecule has 264 valence electrons. The van der Waals surface area contributed by atoms with E-state index in [-0.39, 0.29) is 18.4 Å². The van der Waals surface area contributed by atoms with Crippen LogP contribution < -0.4 is 20.7 Å². The van der Waals surface area contributed by atoms with E-state index in [0.29, 0.717) is 18.7 Å². The standard InChI is InChI=1S/C28H30N2O3.C15H15NO.ClH/c1-6-29-23-15-25-21(13-17(23)4)27(19-11-9-10-12-20(19)28(31)32-8-3)22-14-18(5)24(30-7-2)16-26(22)33-25;1-2-16-13-7-5-9-15-12(13)10-11-6-3-4-8-14(11)17-15;/h9-16,29H,6-8H2,1-5H3;3-9,16H,2,10H2,1H3;1H. The van der Waals surface area contributed by atoms with Crippen molar-refractivity contribution in [3.05, 3.63) is 124 Å². The minimum absolute atomic E-state index is 0. The normalized spacial score (nSPS) is 11.8. The van der Waals surface area contributed by atoms with E-state index in [1.165, 1.54) is 16.8 Å². The van der Waals surface area contributed by atoms with Crippen LogP contribution in [-0.2, 0) is 11.2 Å². The topological polar surface area (TPSA) is 85.1 Å². The third-order valence-corrected chi connectivity index (χ3v) is 8.83. The third kappa shape index (κ3) is 7.74. The van der Waals surface area contributed by atoms with Gasteiger partial charge < -0.3 is 24.5 Å². The molecule has 0 saturated carbocycles. The van der Waals surface area contributed by atoms with Gasteiger partial charge in [0.05, 0.1) is 17.5 Å². The van der Waals surface area contributed by atoms with Gasteiger partial charge in [-0.3, -0.25) is 4.99 Å². The number of para-hydroxylation sites is 1. The van der Waals surface area contributed by atoms with E-state index in [1.807, 2.05) is 74.5 Å². The highest BCUT2D eigenvalue weighted by Gasteiger charge is 2.23. The van der Waals surface area contributed by atoms with Crippen molar-refractivity contribution in [2.45, 2.75) is 48.0 Å². The van der Waals surface area contributed by atoms with Crippen LogP contribution in [0.15, 0.2) is 100 Å². The minimum Gasteiger partial charge on any atom is -0.462 e. The number of hydrogen-bond donors (Lipinski definition) is 2. The Kier molecular flexibility index (Phi) is 12.1. The van der Waals surface area contributed by atoms with E-state index in [9.17, 15) is 4.79 Å². The maximum atomic E-state index is 12.9. The Labute approximate surface area is 306 Å². The molecule has 4 aromatic carbocycles. The Morgan fingerprint density at radius 2 is 1.51 bits per heavy atom. The molecule has 0 radical (unpaired) electrons. The van der Waals surface area contributed by atoms with E-state index >= 15 is 0 Å². The fourth-order valence-electron chi connectivity index (χ4n) is 6.55. The molecule has 4 aromatic rings. The molecule has 0 unspecified atom stereocenters. The number of ether oxygens (including phenoxy) is 2. The summed E-state index contributed by atoms with van der Waals surface area (Å²) in [4.78, 5) is 17.5. The first kappa shape index (κ1) is 37.0. The molecule has 0 spiro atoms. The van der Waals surface area contributed by atoms with Gasteiger partial charge in [-0.25, -0.2) is 4.79 Å². The lowest BCUT2D eigenvalue weighted by atomic mass is 9.89. The Morgan fingerprint density at radius 1 is 0.784 bits per heavy atom. The second kappa shape index (κ2) is 16.6. The molecule has 0 atom stereocenters. The number of anilines is 2. The summed E-state index contributed by atoms with van der Waals surface area (Å²) in [5, 5.41) is 8.67. The summed E-state index contributed by atoms with van der Waals surface area (Å²) in [7, 11) is 0. The van der Waals surface area contributed by atoms with Crippen molar-refractivity contribution in [1.82, 2.24) is 0 Å². The number of halogens is 1. The van der Waals surface area contributed by atoms with Crippen LogP contribution in [-0.4, -0.2) is 32.2 Å². The second-order valence-electron chi connectivity index (χ2n) is 12.2. The first-order valence-corrected chi connectivity index (χ1v) is 17.5. The lowest BCUT2D eigenvalue weighted by Crippen LogP contribution is -2.10. The average molecular weight is 704 g/mol. The molecule has 2 aliphatic heterocycles. The Bertz CT molecular complexity index is 2210. The van der Waals surface area contributed by atoms with Crippen molar-refractivity contribution in [3.63, 3.8) is 0 Å². The molecular weight excluding hydrogens is 658 g/mol. The third-order valence-electron chi connectivity index (χ3n) is 8.83. The Hall–Kier alpha value is -5.27. The number of nitrogens with zero attached hydrogens (tertiary/aromatic N) is 1. The zero-order valence-corrected chi connectivity index (χ0v) is 31.0. The largest absolute Gasteiger partial charge is 0.462 e. The van der Waals surface area contributed by atoms with Crippen molar-refractivity contribution in [2.75, 3.05) is 36.9 Å². The van der Waals surface area contributed by atoms with Crippen LogP contribution in [0.1, 0.15) is 60.3 Å². The van der Waals surface area contributed by atoms with Crippen molar-refractivity contribution >= 4 is 40.7 Å². The summed E-state index contributed by atoms with van der Waals surface area (Å²) in [6.45, 7) is 14.9. The molecule has 7 nitrogen and oxygen atoms in total. The predicted molar refractivity (Wildman–Crippen MR) is 211 cm³/mol. The lowest BCUT2D eigenvalue weighted by Gasteiger charge is -2.22. The van der Waals surface area contributed by atoms with Crippen molar-refractivity contribution in [3.8, 4) is 33.9 Å². The van der Waals surface area contributed by atoms with Gasteiger partial charge in [0.2, 0.25) is 0 Å². The number of hydrogen-bond acceptors (Lipinski definition) is 7. The number of carbonyl (C=O) groups is 1. The molecule has 0 fully saturated rings. The summed E-state index contributed by atoms with van der Waals surface area (Å²) in [6, 6.07) is 30.3. The molecule has 0 amide bonds. The van der Waals surface area contributed by atoms with Gasteiger partial charge in [-0.15, -0.1) is 12.4 Å². The highest BCUT2D eigenvalue weighted by molar-refractivity contribution is 6.08. The van der Waals surface area contributed by atoms with Crippen molar-refractivity contribution in [2.24, 2.45) is 4.99 Å². The van der Waals surface area contributed by atoms with Gasteiger partial charge in [0.25, 0.3) is 0 Å². The molecule has 2 N–H and O–H groups in total. The van der Waals surface area contributed by atoms with E-state index in [1.54, 1.807) is 0 Å². The van der Waals surface area contributed by atoms with Crippen LogP contribution >= 0.6 is 12.4 Å². The predicted octanol–water partition coefficient (Wildman–Crippen LogP) is 10.6.